The van der Waals surface area contributed by atoms with E-state index in [-0.39, 0.29) is 6.61 Å². The molecular weight excluding hydrogens is 337 g/mol. The zero-order chi connectivity index (χ0) is 17.2. The van der Waals surface area contributed by atoms with E-state index < -0.39 is 0 Å². The number of nitriles is 1. The molecule has 0 spiro atoms. The van der Waals surface area contributed by atoms with Crippen molar-refractivity contribution in [3.8, 4) is 17.6 Å². The summed E-state index contributed by atoms with van der Waals surface area (Å²) in [6.07, 6.45) is 0.358. The molecule has 2 rings (SSSR count). The summed E-state index contributed by atoms with van der Waals surface area (Å²) in [6.45, 7) is -0.0169. The zero-order valence-corrected chi connectivity index (χ0v) is 14.4. The molecule has 0 saturated heterocycles. The van der Waals surface area contributed by atoms with Gasteiger partial charge in [0.05, 0.1) is 33.3 Å². The first-order valence-corrected chi connectivity index (χ1v) is 7.42. The van der Waals surface area contributed by atoms with Crippen molar-refractivity contribution < 1.29 is 14.6 Å². The Hall–Kier alpha value is -1.93. The number of hydrogen-bond donors (Lipinski definition) is 1. The van der Waals surface area contributed by atoms with Crippen LogP contribution in [0.3, 0.4) is 0 Å². The Morgan fingerprint density at radius 3 is 1.83 bits per heavy atom. The van der Waals surface area contributed by atoms with Gasteiger partial charge >= 0.3 is 0 Å². The van der Waals surface area contributed by atoms with Gasteiger partial charge in [-0.25, -0.2) is 0 Å². The largest absolute Gasteiger partial charge is 0.497 e. The van der Waals surface area contributed by atoms with E-state index in [1.165, 1.54) is 0 Å². The van der Waals surface area contributed by atoms with Crippen LogP contribution in [0.5, 0.6) is 11.5 Å². The van der Waals surface area contributed by atoms with Crippen molar-refractivity contribution in [3.05, 3.63) is 57.6 Å². The van der Waals surface area contributed by atoms with E-state index >= 15 is 0 Å². The van der Waals surface area contributed by atoms with Crippen LogP contribution in [0, 0.1) is 11.3 Å². The number of rotatable bonds is 4. The van der Waals surface area contributed by atoms with E-state index in [4.69, 9.17) is 43.0 Å². The van der Waals surface area contributed by atoms with Crippen LogP contribution in [-0.2, 0) is 13.0 Å². The molecule has 0 fully saturated rings. The first-order chi connectivity index (χ1) is 11.0. The van der Waals surface area contributed by atoms with Crippen molar-refractivity contribution in [1.29, 1.82) is 5.26 Å². The molecule has 2 aromatic carbocycles. The van der Waals surface area contributed by atoms with E-state index in [1.54, 1.807) is 50.6 Å². The fourth-order valence-electron chi connectivity index (χ4n) is 1.76. The summed E-state index contributed by atoms with van der Waals surface area (Å²) in [5.74, 6) is 1.36. The van der Waals surface area contributed by atoms with Crippen LogP contribution in [0.4, 0.5) is 0 Å². The quantitative estimate of drug-likeness (QED) is 0.891. The predicted octanol–water partition coefficient (Wildman–Crippen LogP) is 4.26. The molecule has 6 heteroatoms. The van der Waals surface area contributed by atoms with Crippen molar-refractivity contribution in [2.75, 3.05) is 14.2 Å². The Balaban J connectivity index is 0.000000231. The van der Waals surface area contributed by atoms with Crippen LogP contribution in [0.25, 0.3) is 0 Å². The smallest absolute Gasteiger partial charge is 0.120 e. The number of ether oxygens (including phenoxy) is 2. The summed E-state index contributed by atoms with van der Waals surface area (Å²) in [5.41, 5.74) is 1.64. The molecule has 0 aliphatic heterocycles. The van der Waals surface area contributed by atoms with Crippen molar-refractivity contribution in [2.45, 2.75) is 13.0 Å². The van der Waals surface area contributed by atoms with Crippen molar-refractivity contribution in [3.63, 3.8) is 0 Å². The molecule has 2 aromatic rings. The van der Waals surface area contributed by atoms with Crippen LogP contribution in [0.1, 0.15) is 11.1 Å². The van der Waals surface area contributed by atoms with Gasteiger partial charge in [-0.1, -0.05) is 23.2 Å². The molecule has 1 N–H and O–H groups in total. The molecule has 0 radical (unpaired) electrons. The molecule has 0 amide bonds. The lowest BCUT2D eigenvalue weighted by Crippen LogP contribution is -1.87. The summed E-state index contributed by atoms with van der Waals surface area (Å²) >= 11 is 11.5. The van der Waals surface area contributed by atoms with Crippen molar-refractivity contribution in [1.82, 2.24) is 0 Å². The SMILES string of the molecule is COc1cc(Cl)cc(CC#N)c1.COc1cc(Cl)cc(CO)c1. The van der Waals surface area contributed by atoms with Gasteiger partial charge in [-0.2, -0.15) is 5.26 Å². The van der Waals surface area contributed by atoms with E-state index in [0.29, 0.717) is 28.0 Å². The molecule has 23 heavy (non-hydrogen) atoms. The van der Waals surface area contributed by atoms with E-state index in [0.717, 1.165) is 11.1 Å². The van der Waals surface area contributed by atoms with Gasteiger partial charge in [0.1, 0.15) is 11.5 Å². The summed E-state index contributed by atoms with van der Waals surface area (Å²) in [5, 5.41) is 18.4. The summed E-state index contributed by atoms with van der Waals surface area (Å²) in [4.78, 5) is 0. The maximum atomic E-state index is 8.77. The van der Waals surface area contributed by atoms with Crippen molar-refractivity contribution in [2.24, 2.45) is 0 Å². The molecule has 0 aromatic heterocycles. The molecule has 0 aliphatic rings. The fourth-order valence-corrected chi connectivity index (χ4v) is 2.26. The summed E-state index contributed by atoms with van der Waals surface area (Å²) < 4.78 is 9.93. The number of nitrogens with zero attached hydrogens (tertiary/aromatic N) is 1. The van der Waals surface area contributed by atoms with E-state index in [1.807, 2.05) is 6.07 Å². The third-order valence-electron chi connectivity index (χ3n) is 2.80. The Kier molecular flexibility index (Phi) is 8.28. The number of aliphatic hydroxyl groups is 1. The first kappa shape index (κ1) is 19.1. The lowest BCUT2D eigenvalue weighted by molar-refractivity contribution is 0.281. The standard InChI is InChI=1S/C9H8ClNO.C8H9ClO2/c1-12-9-5-7(2-3-11)4-8(10)6-9;1-11-8-3-6(5-10)2-7(9)4-8/h4-6H,2H2,1H3;2-4,10H,5H2,1H3. The van der Waals surface area contributed by atoms with Crippen LogP contribution < -0.4 is 9.47 Å². The Morgan fingerprint density at radius 2 is 1.39 bits per heavy atom. The highest BCUT2D eigenvalue weighted by Crippen LogP contribution is 2.21. The van der Waals surface area contributed by atoms with Gasteiger partial charge in [0, 0.05) is 10.0 Å². The van der Waals surface area contributed by atoms with Gasteiger partial charge in [-0.05, 0) is 47.5 Å². The third-order valence-corrected chi connectivity index (χ3v) is 3.24. The second-order valence-corrected chi connectivity index (χ2v) is 5.36. The summed E-state index contributed by atoms with van der Waals surface area (Å²) in [6, 6.07) is 12.5. The van der Waals surface area contributed by atoms with Crippen LogP contribution in [-0.4, -0.2) is 19.3 Å². The predicted molar refractivity (Wildman–Crippen MR) is 91.2 cm³/mol. The minimum atomic E-state index is -0.0169. The number of aliphatic hydroxyl groups excluding tert-OH is 1. The fraction of sp³-hybridized carbons (Fsp3) is 0.235. The lowest BCUT2D eigenvalue weighted by atomic mass is 10.1. The maximum absolute atomic E-state index is 8.77. The average Bonchev–Trinajstić information content (AvgIpc) is 2.54. The lowest BCUT2D eigenvalue weighted by Gasteiger charge is -2.02. The molecule has 0 atom stereocenters. The first-order valence-electron chi connectivity index (χ1n) is 6.67. The van der Waals surface area contributed by atoms with Crippen molar-refractivity contribution >= 4 is 23.2 Å². The van der Waals surface area contributed by atoms with Gasteiger partial charge in [-0.15, -0.1) is 0 Å². The van der Waals surface area contributed by atoms with E-state index in [2.05, 4.69) is 0 Å². The second-order valence-electron chi connectivity index (χ2n) is 4.49. The Bertz CT molecular complexity index is 662. The van der Waals surface area contributed by atoms with Gasteiger partial charge in [0.25, 0.3) is 0 Å². The summed E-state index contributed by atoms with van der Waals surface area (Å²) in [7, 11) is 3.13. The van der Waals surface area contributed by atoms with Gasteiger partial charge in [0.2, 0.25) is 0 Å². The molecule has 122 valence electrons. The highest BCUT2D eigenvalue weighted by molar-refractivity contribution is 6.31. The molecule has 0 aliphatic carbocycles. The topological polar surface area (TPSA) is 62.5 Å². The van der Waals surface area contributed by atoms with Crippen LogP contribution >= 0.6 is 23.2 Å². The average molecular weight is 354 g/mol. The normalized spacial score (nSPS) is 9.39. The molecule has 0 unspecified atom stereocenters. The Morgan fingerprint density at radius 1 is 0.913 bits per heavy atom. The van der Waals surface area contributed by atoms with E-state index in [9.17, 15) is 0 Å². The monoisotopic (exact) mass is 353 g/mol. The second kappa shape index (κ2) is 9.96. The van der Waals surface area contributed by atoms with Crippen LogP contribution in [0.15, 0.2) is 36.4 Å². The number of halogens is 2. The molecule has 4 nitrogen and oxygen atoms in total. The molecule has 0 bridgehead atoms. The van der Waals surface area contributed by atoms with Crippen LogP contribution in [0.2, 0.25) is 10.0 Å². The Labute approximate surface area is 145 Å². The number of hydrogen-bond acceptors (Lipinski definition) is 4. The molecule has 0 heterocycles. The highest BCUT2D eigenvalue weighted by Gasteiger charge is 1.99. The number of methoxy groups -OCH3 is 2. The molecule has 0 saturated carbocycles. The minimum Gasteiger partial charge on any atom is -0.497 e. The maximum Gasteiger partial charge on any atom is 0.120 e. The number of benzene rings is 2. The minimum absolute atomic E-state index is 0.0169. The third kappa shape index (κ3) is 6.79. The highest BCUT2D eigenvalue weighted by atomic mass is 35.5. The molecular formula is C17H17Cl2NO3. The zero-order valence-electron chi connectivity index (χ0n) is 12.8. The van der Waals surface area contributed by atoms with Gasteiger partial charge in [-0.3, -0.25) is 0 Å². The van der Waals surface area contributed by atoms with Gasteiger partial charge < -0.3 is 14.6 Å². The van der Waals surface area contributed by atoms with Gasteiger partial charge in [0.15, 0.2) is 0 Å².